The lowest BCUT2D eigenvalue weighted by Gasteiger charge is -2.36. The molecule has 0 aliphatic carbocycles. The normalized spacial score (nSPS) is 13.2. The van der Waals surface area contributed by atoms with Gasteiger partial charge in [0.25, 0.3) is 0 Å². The number of phenols is 2. The molecule has 0 bridgehead atoms. The summed E-state index contributed by atoms with van der Waals surface area (Å²) >= 11 is 0. The van der Waals surface area contributed by atoms with Crippen LogP contribution in [0.1, 0.15) is 107 Å². The summed E-state index contributed by atoms with van der Waals surface area (Å²) in [4.78, 5) is 0. The van der Waals surface area contributed by atoms with Crippen molar-refractivity contribution in [3.8, 4) is 11.5 Å². The summed E-state index contributed by atoms with van der Waals surface area (Å²) < 4.78 is 0. The number of hydrogen-bond donors (Lipinski definition) is 2. The van der Waals surface area contributed by atoms with Crippen LogP contribution in [0.15, 0.2) is 12.1 Å². The standard InChI is InChI=1S/C22H38O2.C2H6/c1-19(2,3)13-21(7,8)15-11-16(18(24)17(23)12-15)22(9,10)14-20(4,5)6;1-2/h11-12,23-24H,13-14H2,1-10H3;1-2H3. The molecule has 1 aromatic carbocycles. The zero-order valence-corrected chi connectivity index (χ0v) is 19.5. The third-order valence-corrected chi connectivity index (χ3v) is 4.54. The van der Waals surface area contributed by atoms with Crippen LogP contribution in [0.3, 0.4) is 0 Å². The largest absolute Gasteiger partial charge is 0.504 e. The Morgan fingerprint density at radius 3 is 1.42 bits per heavy atom. The first-order valence-electron chi connectivity index (χ1n) is 10.0. The molecule has 0 aliphatic heterocycles. The molecule has 0 saturated heterocycles. The van der Waals surface area contributed by atoms with Gasteiger partial charge in [-0.05, 0) is 46.1 Å². The van der Waals surface area contributed by atoms with Gasteiger partial charge in [-0.1, -0.05) is 89.2 Å². The Kier molecular flexibility index (Phi) is 7.86. The highest BCUT2D eigenvalue weighted by atomic mass is 16.3. The molecule has 1 aromatic rings. The SMILES string of the molecule is CC.CC(C)(C)CC(C)(C)c1cc(O)c(O)c(C(C)(C)CC(C)(C)C)c1. The molecule has 0 aromatic heterocycles. The van der Waals surface area contributed by atoms with Gasteiger partial charge < -0.3 is 10.2 Å². The van der Waals surface area contributed by atoms with Crippen molar-refractivity contribution in [1.29, 1.82) is 0 Å². The molecule has 2 heteroatoms. The Hall–Kier alpha value is -1.18. The molecule has 0 heterocycles. The van der Waals surface area contributed by atoms with E-state index in [0.717, 1.165) is 24.0 Å². The fraction of sp³-hybridized carbons (Fsp3) is 0.750. The van der Waals surface area contributed by atoms with Gasteiger partial charge in [0.2, 0.25) is 0 Å². The summed E-state index contributed by atoms with van der Waals surface area (Å²) in [6.07, 6.45) is 1.93. The van der Waals surface area contributed by atoms with Gasteiger partial charge in [-0.15, -0.1) is 0 Å². The molecule has 2 nitrogen and oxygen atoms in total. The molecule has 0 amide bonds. The van der Waals surface area contributed by atoms with Crippen LogP contribution in [-0.2, 0) is 10.8 Å². The van der Waals surface area contributed by atoms with Crippen molar-refractivity contribution in [2.45, 2.75) is 107 Å². The van der Waals surface area contributed by atoms with Crippen LogP contribution in [0.25, 0.3) is 0 Å². The minimum atomic E-state index is -0.215. The van der Waals surface area contributed by atoms with Crippen molar-refractivity contribution in [2.24, 2.45) is 10.8 Å². The van der Waals surface area contributed by atoms with E-state index in [-0.39, 0.29) is 33.2 Å². The van der Waals surface area contributed by atoms with Crippen molar-refractivity contribution >= 4 is 0 Å². The van der Waals surface area contributed by atoms with Crippen molar-refractivity contribution < 1.29 is 10.2 Å². The van der Waals surface area contributed by atoms with Gasteiger partial charge in [-0.3, -0.25) is 0 Å². The van der Waals surface area contributed by atoms with Crippen LogP contribution in [0.2, 0.25) is 0 Å². The van der Waals surface area contributed by atoms with Gasteiger partial charge >= 0.3 is 0 Å². The summed E-state index contributed by atoms with van der Waals surface area (Å²) in [5.74, 6) is 0.0195. The van der Waals surface area contributed by atoms with E-state index in [4.69, 9.17) is 0 Å². The van der Waals surface area contributed by atoms with Gasteiger partial charge in [-0.25, -0.2) is 0 Å². The van der Waals surface area contributed by atoms with Gasteiger partial charge in [0.15, 0.2) is 11.5 Å². The molecule has 0 spiro atoms. The van der Waals surface area contributed by atoms with Crippen molar-refractivity contribution in [2.75, 3.05) is 0 Å². The zero-order chi connectivity index (χ0) is 21.1. The highest BCUT2D eigenvalue weighted by Gasteiger charge is 2.34. The maximum atomic E-state index is 10.5. The molecule has 2 N–H and O–H groups in total. The maximum absolute atomic E-state index is 10.5. The Bertz CT molecular complexity index is 581. The summed E-state index contributed by atoms with van der Waals surface area (Å²) in [6, 6.07) is 3.84. The van der Waals surface area contributed by atoms with E-state index in [2.05, 4.69) is 75.3 Å². The minimum absolute atomic E-state index is 0.00790. The highest BCUT2D eigenvalue weighted by Crippen LogP contribution is 2.46. The van der Waals surface area contributed by atoms with Crippen LogP contribution in [-0.4, -0.2) is 10.2 Å². The van der Waals surface area contributed by atoms with Crippen LogP contribution < -0.4 is 0 Å². The van der Waals surface area contributed by atoms with E-state index in [1.165, 1.54) is 0 Å². The van der Waals surface area contributed by atoms with Gasteiger partial charge in [0, 0.05) is 5.56 Å². The monoisotopic (exact) mass is 364 g/mol. The Morgan fingerprint density at radius 2 is 1.04 bits per heavy atom. The van der Waals surface area contributed by atoms with Crippen LogP contribution in [0.4, 0.5) is 0 Å². The Morgan fingerprint density at radius 1 is 0.654 bits per heavy atom. The third-order valence-electron chi connectivity index (χ3n) is 4.54. The highest BCUT2D eigenvalue weighted by molar-refractivity contribution is 5.52. The van der Waals surface area contributed by atoms with Gasteiger partial charge in [-0.2, -0.15) is 0 Å². The molecule has 0 fully saturated rings. The molecule has 0 saturated carbocycles. The zero-order valence-electron chi connectivity index (χ0n) is 19.5. The molecule has 0 unspecified atom stereocenters. The Balaban J connectivity index is 0.00000301. The second kappa shape index (κ2) is 8.23. The van der Waals surface area contributed by atoms with Crippen molar-refractivity contribution in [1.82, 2.24) is 0 Å². The summed E-state index contributed by atoms with van der Waals surface area (Å²) in [6.45, 7) is 26.0. The van der Waals surface area contributed by atoms with Crippen molar-refractivity contribution in [3.63, 3.8) is 0 Å². The van der Waals surface area contributed by atoms with Crippen LogP contribution in [0, 0.1) is 10.8 Å². The van der Waals surface area contributed by atoms with Crippen LogP contribution in [0.5, 0.6) is 11.5 Å². The quantitative estimate of drug-likeness (QED) is 0.541. The predicted molar refractivity (Wildman–Crippen MR) is 115 cm³/mol. The van der Waals surface area contributed by atoms with E-state index in [0.29, 0.717) is 0 Å². The van der Waals surface area contributed by atoms with Gasteiger partial charge in [0.1, 0.15) is 0 Å². The number of benzene rings is 1. The van der Waals surface area contributed by atoms with E-state index in [1.54, 1.807) is 6.07 Å². The van der Waals surface area contributed by atoms with E-state index < -0.39 is 0 Å². The molecule has 0 aliphatic rings. The fourth-order valence-electron chi connectivity index (χ4n) is 4.37. The number of aromatic hydroxyl groups is 2. The first-order valence-corrected chi connectivity index (χ1v) is 10.0. The molecule has 1 rings (SSSR count). The van der Waals surface area contributed by atoms with Crippen LogP contribution >= 0.6 is 0 Å². The molecular formula is C24H44O2. The lowest BCUT2D eigenvalue weighted by molar-refractivity contribution is 0.271. The van der Waals surface area contributed by atoms with E-state index in [9.17, 15) is 10.2 Å². The average molecular weight is 365 g/mol. The predicted octanol–water partition coefficient (Wildman–Crippen LogP) is 7.55. The molecule has 0 radical (unpaired) electrons. The molecule has 26 heavy (non-hydrogen) atoms. The fourth-order valence-corrected chi connectivity index (χ4v) is 4.37. The van der Waals surface area contributed by atoms with Crippen molar-refractivity contribution in [3.05, 3.63) is 23.3 Å². The summed E-state index contributed by atoms with van der Waals surface area (Å²) in [5, 5.41) is 20.9. The smallest absolute Gasteiger partial charge is 0.161 e. The lowest BCUT2D eigenvalue weighted by Crippen LogP contribution is -2.28. The molecule has 152 valence electrons. The summed E-state index contributed by atoms with van der Waals surface area (Å²) in [5.41, 5.74) is 1.98. The van der Waals surface area contributed by atoms with E-state index in [1.807, 2.05) is 13.8 Å². The first-order chi connectivity index (χ1) is 11.4. The minimum Gasteiger partial charge on any atom is -0.504 e. The second-order valence-electron chi connectivity index (χ2n) is 11.1. The number of hydrogen-bond acceptors (Lipinski definition) is 2. The number of rotatable bonds is 4. The Labute approximate surface area is 163 Å². The van der Waals surface area contributed by atoms with Gasteiger partial charge in [0.05, 0.1) is 0 Å². The molecular weight excluding hydrogens is 320 g/mol. The number of phenolic OH excluding ortho intramolecular Hbond substituents is 2. The second-order valence-corrected chi connectivity index (χ2v) is 11.1. The molecule has 0 atom stereocenters. The van der Waals surface area contributed by atoms with E-state index >= 15 is 0 Å². The topological polar surface area (TPSA) is 40.5 Å². The maximum Gasteiger partial charge on any atom is 0.161 e. The lowest BCUT2D eigenvalue weighted by atomic mass is 9.68. The average Bonchev–Trinajstić information content (AvgIpc) is 2.38. The third kappa shape index (κ3) is 7.21. The first kappa shape index (κ1) is 24.8. The summed E-state index contributed by atoms with van der Waals surface area (Å²) in [7, 11) is 0.